The molecule has 4 rings (SSSR count). The molecule has 4 N–H and O–H groups in total. The van der Waals surface area contributed by atoms with E-state index in [1.165, 1.54) is 36.9 Å². The normalized spacial score (nSPS) is 15.9. The standard InChI is InChI=1S/C21H18BrFN6O3S2/c1-9(11-6-26-19(24)27-7-11)32-14-3-10(4-15-18(30)29(2)21(31)34-15)16(22)17(23)13(14)5-12-8-28-20(25)33-12/h3-4,6-9H,5H2,1-2H3,(H2,25,28)(H2,24,26,27)/b15-4-. The Hall–Kier alpha value is -3.03. The number of ether oxygens (including phenoxy) is 1. The number of thioether (sulfide) groups is 1. The van der Waals surface area contributed by atoms with E-state index in [1.54, 1.807) is 19.2 Å². The summed E-state index contributed by atoms with van der Waals surface area (Å²) in [5.74, 6) is -0.645. The van der Waals surface area contributed by atoms with E-state index in [0.29, 0.717) is 16.3 Å². The van der Waals surface area contributed by atoms with E-state index in [-0.39, 0.29) is 33.1 Å². The molecule has 176 valence electrons. The number of imide groups is 1. The average Bonchev–Trinajstić information content (AvgIpc) is 3.32. The summed E-state index contributed by atoms with van der Waals surface area (Å²) >= 11 is 5.33. The zero-order valence-electron chi connectivity index (χ0n) is 17.9. The fourth-order valence-corrected chi connectivity index (χ4v) is 5.10. The van der Waals surface area contributed by atoms with E-state index in [2.05, 4.69) is 30.9 Å². The van der Waals surface area contributed by atoms with Gasteiger partial charge in [-0.3, -0.25) is 14.5 Å². The van der Waals surface area contributed by atoms with Gasteiger partial charge in [-0.15, -0.1) is 11.3 Å². The van der Waals surface area contributed by atoms with Gasteiger partial charge < -0.3 is 16.2 Å². The van der Waals surface area contributed by atoms with Crippen LogP contribution < -0.4 is 16.2 Å². The number of thiazole rings is 1. The number of nitrogens with zero attached hydrogens (tertiary/aromatic N) is 4. The van der Waals surface area contributed by atoms with Gasteiger partial charge in [0.1, 0.15) is 17.7 Å². The van der Waals surface area contributed by atoms with Crippen molar-refractivity contribution >= 4 is 67.3 Å². The molecule has 0 spiro atoms. The lowest BCUT2D eigenvalue weighted by atomic mass is 10.0. The van der Waals surface area contributed by atoms with Crippen LogP contribution in [0, 0.1) is 5.82 Å². The fraction of sp³-hybridized carbons (Fsp3) is 0.190. The van der Waals surface area contributed by atoms with E-state index < -0.39 is 23.1 Å². The van der Waals surface area contributed by atoms with Gasteiger partial charge in [0.25, 0.3) is 11.1 Å². The van der Waals surface area contributed by atoms with E-state index in [0.717, 1.165) is 21.5 Å². The van der Waals surface area contributed by atoms with E-state index >= 15 is 4.39 Å². The van der Waals surface area contributed by atoms with Gasteiger partial charge in [-0.2, -0.15) is 0 Å². The molecular formula is C21H18BrFN6O3S2. The highest BCUT2D eigenvalue weighted by atomic mass is 79.9. The number of carbonyl (C=O) groups excluding carboxylic acids is 2. The number of benzene rings is 1. The van der Waals surface area contributed by atoms with E-state index in [1.807, 2.05) is 0 Å². The van der Waals surface area contributed by atoms with Gasteiger partial charge in [0.15, 0.2) is 5.13 Å². The van der Waals surface area contributed by atoms with Gasteiger partial charge in [-0.25, -0.2) is 19.3 Å². The van der Waals surface area contributed by atoms with Gasteiger partial charge in [0.2, 0.25) is 5.95 Å². The Morgan fingerprint density at radius 1 is 1.24 bits per heavy atom. The highest BCUT2D eigenvalue weighted by Crippen LogP contribution is 2.39. The monoisotopic (exact) mass is 564 g/mol. The van der Waals surface area contributed by atoms with Crippen molar-refractivity contribution in [1.29, 1.82) is 0 Å². The number of nitrogen functional groups attached to an aromatic ring is 2. The Morgan fingerprint density at radius 3 is 2.53 bits per heavy atom. The van der Waals surface area contributed by atoms with Crippen LogP contribution in [-0.2, 0) is 11.2 Å². The highest BCUT2D eigenvalue weighted by Gasteiger charge is 2.32. The van der Waals surface area contributed by atoms with Crippen LogP contribution in [0.4, 0.5) is 20.3 Å². The summed E-state index contributed by atoms with van der Waals surface area (Å²) in [6.07, 6.45) is 5.75. The minimum atomic E-state index is -0.563. The lowest BCUT2D eigenvalue weighted by Gasteiger charge is -2.19. The Morgan fingerprint density at radius 2 is 1.94 bits per heavy atom. The number of likely N-dealkylation sites (N-methyl/N-ethyl adjacent to an activating group) is 1. The summed E-state index contributed by atoms with van der Waals surface area (Å²) in [5.41, 5.74) is 12.6. The second-order valence-electron chi connectivity index (χ2n) is 7.29. The minimum absolute atomic E-state index is 0.126. The maximum atomic E-state index is 15.6. The number of halogens is 2. The third-order valence-corrected chi connectivity index (χ3v) is 7.55. The predicted octanol–water partition coefficient (Wildman–Crippen LogP) is 4.40. The molecule has 1 atom stereocenters. The molecule has 0 saturated carbocycles. The number of amides is 2. The van der Waals surface area contributed by atoms with Crippen molar-refractivity contribution in [2.75, 3.05) is 18.5 Å². The van der Waals surface area contributed by atoms with Gasteiger partial charge in [0.05, 0.1) is 9.38 Å². The molecule has 1 unspecified atom stereocenters. The maximum absolute atomic E-state index is 15.6. The molecule has 2 amide bonds. The Kier molecular flexibility index (Phi) is 6.86. The Balaban J connectivity index is 1.77. The molecule has 0 bridgehead atoms. The van der Waals surface area contributed by atoms with Crippen molar-refractivity contribution in [2.24, 2.45) is 0 Å². The summed E-state index contributed by atoms with van der Waals surface area (Å²) in [5, 5.41) is -0.0306. The first kappa shape index (κ1) is 24.1. The van der Waals surface area contributed by atoms with Gasteiger partial charge in [0, 0.05) is 48.1 Å². The topological polar surface area (TPSA) is 137 Å². The van der Waals surface area contributed by atoms with E-state index in [4.69, 9.17) is 16.2 Å². The average molecular weight is 565 g/mol. The van der Waals surface area contributed by atoms with Crippen molar-refractivity contribution < 1.29 is 18.7 Å². The summed E-state index contributed by atoms with van der Waals surface area (Å²) in [6.45, 7) is 1.77. The lowest BCUT2D eigenvalue weighted by molar-refractivity contribution is -0.121. The van der Waals surface area contributed by atoms with Crippen LogP contribution in [0.2, 0.25) is 0 Å². The smallest absolute Gasteiger partial charge is 0.293 e. The number of rotatable bonds is 6. The molecule has 3 aromatic rings. The molecule has 1 aromatic carbocycles. The molecule has 0 aliphatic carbocycles. The SMILES string of the molecule is CC(Oc1cc(/C=C2\SC(=O)N(C)C2=O)c(Br)c(F)c1Cc1cnc(N)s1)c1cnc(N)nc1. The summed E-state index contributed by atoms with van der Waals surface area (Å²) < 4.78 is 21.9. The van der Waals surface area contributed by atoms with Crippen LogP contribution >= 0.6 is 39.0 Å². The maximum Gasteiger partial charge on any atom is 0.293 e. The molecule has 1 aliphatic rings. The fourth-order valence-electron chi connectivity index (χ4n) is 3.12. The molecule has 0 radical (unpaired) electrons. The molecule has 1 fully saturated rings. The molecule has 1 aliphatic heterocycles. The number of carbonyl (C=O) groups is 2. The van der Waals surface area contributed by atoms with Gasteiger partial charge in [-0.1, -0.05) is 0 Å². The van der Waals surface area contributed by atoms with Gasteiger partial charge >= 0.3 is 0 Å². The molecule has 13 heteroatoms. The summed E-state index contributed by atoms with van der Waals surface area (Å²) in [4.78, 5) is 38.1. The van der Waals surface area contributed by atoms with Gasteiger partial charge in [-0.05, 0) is 52.3 Å². The second kappa shape index (κ2) is 9.68. The predicted molar refractivity (Wildman–Crippen MR) is 133 cm³/mol. The number of hydrogen-bond acceptors (Lipinski definition) is 10. The first-order valence-electron chi connectivity index (χ1n) is 9.80. The highest BCUT2D eigenvalue weighted by molar-refractivity contribution is 9.10. The first-order chi connectivity index (χ1) is 16.1. The molecule has 1 saturated heterocycles. The van der Waals surface area contributed by atoms with Crippen molar-refractivity contribution in [1.82, 2.24) is 19.9 Å². The van der Waals surface area contributed by atoms with Crippen LogP contribution in [0.15, 0.2) is 34.0 Å². The third kappa shape index (κ3) is 4.91. The summed E-state index contributed by atoms with van der Waals surface area (Å²) in [6, 6.07) is 1.62. The molecule has 9 nitrogen and oxygen atoms in total. The third-order valence-electron chi connectivity index (χ3n) is 4.96. The number of hydrogen-bond donors (Lipinski definition) is 2. The zero-order chi connectivity index (χ0) is 24.6. The molecule has 2 aromatic heterocycles. The number of anilines is 2. The molecule has 3 heterocycles. The van der Waals surface area contributed by atoms with Crippen LogP contribution in [0.3, 0.4) is 0 Å². The summed E-state index contributed by atoms with van der Waals surface area (Å²) in [7, 11) is 1.39. The quantitative estimate of drug-likeness (QED) is 0.417. The largest absolute Gasteiger partial charge is 0.485 e. The van der Waals surface area contributed by atoms with Crippen molar-refractivity contribution in [3.05, 3.63) is 61.4 Å². The van der Waals surface area contributed by atoms with Crippen LogP contribution in [-0.4, -0.2) is 38.0 Å². The van der Waals surface area contributed by atoms with Crippen LogP contribution in [0.25, 0.3) is 6.08 Å². The second-order valence-corrected chi connectivity index (χ2v) is 10.2. The van der Waals surface area contributed by atoms with Crippen molar-refractivity contribution in [2.45, 2.75) is 19.4 Å². The van der Waals surface area contributed by atoms with Crippen LogP contribution in [0.5, 0.6) is 5.75 Å². The van der Waals surface area contributed by atoms with E-state index in [9.17, 15) is 9.59 Å². The Bertz CT molecular complexity index is 1310. The lowest BCUT2D eigenvalue weighted by Crippen LogP contribution is -2.22. The van der Waals surface area contributed by atoms with Crippen molar-refractivity contribution in [3.8, 4) is 5.75 Å². The first-order valence-corrected chi connectivity index (χ1v) is 12.2. The zero-order valence-corrected chi connectivity index (χ0v) is 21.1. The molecular weight excluding hydrogens is 547 g/mol. The number of nitrogens with two attached hydrogens (primary N) is 2. The number of aromatic nitrogens is 3. The van der Waals surface area contributed by atoms with Crippen molar-refractivity contribution in [3.63, 3.8) is 0 Å². The van der Waals surface area contributed by atoms with Crippen LogP contribution in [0.1, 0.15) is 34.6 Å². The minimum Gasteiger partial charge on any atom is -0.485 e. The molecule has 34 heavy (non-hydrogen) atoms. The Labute approximate surface area is 210 Å².